The molecule has 2 heterocycles. The molecule has 1 atom stereocenters. The Kier molecular flexibility index (Phi) is 6.35. The first-order chi connectivity index (χ1) is 10.2. The lowest BCUT2D eigenvalue weighted by Gasteiger charge is -2.31. The van der Waals surface area contributed by atoms with Crippen LogP contribution in [0, 0.1) is 0 Å². The van der Waals surface area contributed by atoms with Crippen molar-refractivity contribution >= 4 is 21.7 Å². The molecule has 6 nitrogen and oxygen atoms in total. The minimum atomic E-state index is -0.417. The van der Waals surface area contributed by atoms with Crippen LogP contribution in [-0.4, -0.2) is 66.5 Å². The van der Waals surface area contributed by atoms with Gasteiger partial charge in [0.15, 0.2) is 0 Å². The third kappa shape index (κ3) is 4.12. The topological polar surface area (TPSA) is 56.6 Å². The summed E-state index contributed by atoms with van der Waals surface area (Å²) < 4.78 is 13.1. The molecule has 118 valence electrons. The summed E-state index contributed by atoms with van der Waals surface area (Å²) in [5, 5.41) is 4.22. The molecule has 21 heavy (non-hydrogen) atoms. The normalized spacial score (nSPS) is 19.9. The summed E-state index contributed by atoms with van der Waals surface area (Å²) in [6, 6.07) is 0. The predicted molar refractivity (Wildman–Crippen MR) is 82.6 cm³/mol. The minimum absolute atomic E-state index is 0.0173. The number of nitrogens with zero attached hydrogens (tertiary/aromatic N) is 3. The Morgan fingerprint density at radius 1 is 1.57 bits per heavy atom. The molecular formula is C14H22BrN3O3. The lowest BCUT2D eigenvalue weighted by atomic mass is 10.1. The highest BCUT2D eigenvalue weighted by Crippen LogP contribution is 2.20. The van der Waals surface area contributed by atoms with Gasteiger partial charge < -0.3 is 9.47 Å². The quantitative estimate of drug-likeness (QED) is 0.692. The van der Waals surface area contributed by atoms with E-state index < -0.39 is 6.10 Å². The Morgan fingerprint density at radius 2 is 2.38 bits per heavy atom. The standard InChI is InChI=1S/C14H22BrN3O3/c1-3-4-17-5-8-21-12(10-17)14(19)13-11(15)9-16-18(13)6-7-20-2/h9,12H,3-8,10H2,1-2H3. The second-order valence-electron chi connectivity index (χ2n) is 5.08. The van der Waals surface area contributed by atoms with Gasteiger partial charge in [0, 0.05) is 20.2 Å². The third-order valence-electron chi connectivity index (χ3n) is 3.52. The average molecular weight is 360 g/mol. The molecule has 1 aliphatic rings. The summed E-state index contributed by atoms with van der Waals surface area (Å²) in [5.41, 5.74) is 0.565. The SMILES string of the molecule is CCCN1CCOC(C(=O)c2c(Br)cnn2CCOC)C1. The van der Waals surface area contributed by atoms with E-state index in [1.807, 2.05) is 0 Å². The molecular weight excluding hydrogens is 338 g/mol. The van der Waals surface area contributed by atoms with E-state index in [1.165, 1.54) is 0 Å². The van der Waals surface area contributed by atoms with Crippen LogP contribution in [0.5, 0.6) is 0 Å². The molecule has 0 bridgehead atoms. The van der Waals surface area contributed by atoms with Gasteiger partial charge in [0.25, 0.3) is 0 Å². The van der Waals surface area contributed by atoms with E-state index in [1.54, 1.807) is 18.0 Å². The zero-order valence-corrected chi connectivity index (χ0v) is 14.1. The molecule has 0 radical (unpaired) electrons. The highest BCUT2D eigenvalue weighted by Gasteiger charge is 2.30. The summed E-state index contributed by atoms with van der Waals surface area (Å²) in [4.78, 5) is 15.0. The van der Waals surface area contributed by atoms with Crippen molar-refractivity contribution in [2.75, 3.05) is 40.0 Å². The monoisotopic (exact) mass is 359 g/mol. The number of hydrogen-bond donors (Lipinski definition) is 0. The van der Waals surface area contributed by atoms with Crippen LogP contribution in [0.1, 0.15) is 23.8 Å². The maximum absolute atomic E-state index is 12.7. The van der Waals surface area contributed by atoms with Crippen molar-refractivity contribution in [3.8, 4) is 0 Å². The van der Waals surface area contributed by atoms with E-state index in [-0.39, 0.29) is 5.78 Å². The molecule has 0 saturated carbocycles. The van der Waals surface area contributed by atoms with Crippen molar-refractivity contribution in [1.82, 2.24) is 14.7 Å². The van der Waals surface area contributed by atoms with Crippen LogP contribution in [0.15, 0.2) is 10.7 Å². The fraction of sp³-hybridized carbons (Fsp3) is 0.714. The van der Waals surface area contributed by atoms with Gasteiger partial charge in [-0.1, -0.05) is 6.92 Å². The molecule has 1 unspecified atom stereocenters. The molecule has 1 aromatic rings. The minimum Gasteiger partial charge on any atom is -0.383 e. The molecule has 0 spiro atoms. The predicted octanol–water partition coefficient (Wildman–Crippen LogP) is 1.59. The number of ketones is 1. The largest absolute Gasteiger partial charge is 0.383 e. The van der Waals surface area contributed by atoms with E-state index in [2.05, 4.69) is 32.9 Å². The van der Waals surface area contributed by atoms with Gasteiger partial charge >= 0.3 is 0 Å². The van der Waals surface area contributed by atoms with E-state index >= 15 is 0 Å². The summed E-state index contributed by atoms with van der Waals surface area (Å²) >= 11 is 3.41. The molecule has 0 aromatic carbocycles. The molecule has 1 aromatic heterocycles. The van der Waals surface area contributed by atoms with Crippen LogP contribution in [0.4, 0.5) is 0 Å². The number of Topliss-reactive ketones (excluding diaryl/α,β-unsaturated/α-hetero) is 1. The first kappa shape index (κ1) is 16.6. The van der Waals surface area contributed by atoms with Gasteiger partial charge in [-0.15, -0.1) is 0 Å². The number of hydrogen-bond acceptors (Lipinski definition) is 5. The molecule has 1 saturated heterocycles. The van der Waals surface area contributed by atoms with Crippen molar-refractivity contribution < 1.29 is 14.3 Å². The second kappa shape index (κ2) is 8.03. The van der Waals surface area contributed by atoms with E-state index in [0.717, 1.165) is 19.5 Å². The lowest BCUT2D eigenvalue weighted by molar-refractivity contribution is -0.0169. The Bertz CT molecular complexity index is 476. The van der Waals surface area contributed by atoms with Gasteiger partial charge in [-0.25, -0.2) is 0 Å². The number of aromatic nitrogens is 2. The number of methoxy groups -OCH3 is 1. The fourth-order valence-electron chi connectivity index (χ4n) is 2.49. The molecule has 7 heteroatoms. The van der Waals surface area contributed by atoms with Crippen molar-refractivity contribution in [3.05, 3.63) is 16.4 Å². The maximum Gasteiger partial charge on any atom is 0.211 e. The third-order valence-corrected chi connectivity index (χ3v) is 4.10. The summed E-state index contributed by atoms with van der Waals surface area (Å²) in [6.07, 6.45) is 2.31. The van der Waals surface area contributed by atoms with Crippen LogP contribution in [0.2, 0.25) is 0 Å². The Hall–Kier alpha value is -0.760. The van der Waals surface area contributed by atoms with Crippen LogP contribution >= 0.6 is 15.9 Å². The molecule has 1 fully saturated rings. The Balaban J connectivity index is 2.10. The second-order valence-corrected chi connectivity index (χ2v) is 5.94. The average Bonchev–Trinajstić information content (AvgIpc) is 2.86. The van der Waals surface area contributed by atoms with Crippen LogP contribution in [0.3, 0.4) is 0 Å². The van der Waals surface area contributed by atoms with E-state index in [9.17, 15) is 4.79 Å². The first-order valence-electron chi connectivity index (χ1n) is 7.25. The zero-order valence-electron chi connectivity index (χ0n) is 12.5. The van der Waals surface area contributed by atoms with Crippen molar-refractivity contribution in [3.63, 3.8) is 0 Å². The molecule has 0 N–H and O–H groups in total. The van der Waals surface area contributed by atoms with E-state index in [4.69, 9.17) is 9.47 Å². The van der Waals surface area contributed by atoms with Crippen LogP contribution in [-0.2, 0) is 16.0 Å². The number of rotatable bonds is 7. The first-order valence-corrected chi connectivity index (χ1v) is 8.05. The van der Waals surface area contributed by atoms with Gasteiger partial charge in [-0.3, -0.25) is 14.4 Å². The Labute approximate surface area is 133 Å². The van der Waals surface area contributed by atoms with Crippen molar-refractivity contribution in [2.45, 2.75) is 26.0 Å². The van der Waals surface area contributed by atoms with Gasteiger partial charge in [-0.2, -0.15) is 5.10 Å². The molecule has 0 amide bonds. The number of carbonyl (C=O) groups excluding carboxylic acids is 1. The Morgan fingerprint density at radius 3 is 3.10 bits per heavy atom. The zero-order chi connectivity index (χ0) is 15.2. The van der Waals surface area contributed by atoms with Crippen LogP contribution in [0.25, 0.3) is 0 Å². The highest BCUT2D eigenvalue weighted by molar-refractivity contribution is 9.10. The number of ether oxygens (including phenoxy) is 2. The van der Waals surface area contributed by atoms with Crippen molar-refractivity contribution in [2.24, 2.45) is 0 Å². The number of morpholine rings is 1. The summed E-state index contributed by atoms with van der Waals surface area (Å²) in [6.45, 7) is 6.34. The molecule has 2 rings (SSSR count). The summed E-state index contributed by atoms with van der Waals surface area (Å²) in [7, 11) is 1.63. The summed E-state index contributed by atoms with van der Waals surface area (Å²) in [5.74, 6) is -0.0173. The van der Waals surface area contributed by atoms with Crippen LogP contribution < -0.4 is 0 Å². The highest BCUT2D eigenvalue weighted by atomic mass is 79.9. The molecule has 1 aliphatic heterocycles. The van der Waals surface area contributed by atoms with Crippen molar-refractivity contribution in [1.29, 1.82) is 0 Å². The van der Waals surface area contributed by atoms with Gasteiger partial charge in [-0.05, 0) is 28.9 Å². The molecule has 0 aliphatic carbocycles. The number of halogens is 1. The number of carbonyl (C=O) groups is 1. The van der Waals surface area contributed by atoms with Gasteiger partial charge in [0.1, 0.15) is 11.8 Å². The van der Waals surface area contributed by atoms with E-state index in [0.29, 0.717) is 36.5 Å². The fourth-order valence-corrected chi connectivity index (χ4v) is 2.98. The smallest absolute Gasteiger partial charge is 0.211 e. The van der Waals surface area contributed by atoms with Gasteiger partial charge in [0.2, 0.25) is 5.78 Å². The van der Waals surface area contributed by atoms with Gasteiger partial charge in [0.05, 0.1) is 30.4 Å². The maximum atomic E-state index is 12.7. The lowest BCUT2D eigenvalue weighted by Crippen LogP contribution is -2.46.